The van der Waals surface area contributed by atoms with E-state index in [0.717, 1.165) is 37.8 Å². The summed E-state index contributed by atoms with van der Waals surface area (Å²) in [4.78, 5) is 12.5. The quantitative estimate of drug-likeness (QED) is 0.686. The number of fused-ring (bicyclic) bond motifs is 3. The van der Waals surface area contributed by atoms with Crippen LogP contribution < -0.4 is 0 Å². The van der Waals surface area contributed by atoms with Crippen LogP contribution in [0.4, 0.5) is 0 Å². The van der Waals surface area contributed by atoms with Gasteiger partial charge in [0.1, 0.15) is 0 Å². The molecule has 5 heteroatoms. The molecule has 0 spiro atoms. The van der Waals surface area contributed by atoms with Gasteiger partial charge in [-0.05, 0) is 35.4 Å². The van der Waals surface area contributed by atoms with E-state index < -0.39 is 0 Å². The van der Waals surface area contributed by atoms with Gasteiger partial charge in [-0.2, -0.15) is 5.10 Å². The molecule has 1 amide bonds. The predicted molar refractivity (Wildman–Crippen MR) is 88.3 cm³/mol. The molecule has 0 bridgehead atoms. The number of hydrazone groups is 1. The number of carbonyl (C=O) groups excluding carboxylic acids is 1. The smallest absolute Gasteiger partial charge is 0.267 e. The minimum absolute atomic E-state index is 0.0107. The van der Waals surface area contributed by atoms with Gasteiger partial charge in [0.05, 0.1) is 11.8 Å². The van der Waals surface area contributed by atoms with Crippen molar-refractivity contribution in [3.8, 4) is 0 Å². The molecule has 0 fully saturated rings. The van der Waals surface area contributed by atoms with Crippen molar-refractivity contribution in [2.45, 2.75) is 12.5 Å². The van der Waals surface area contributed by atoms with Crippen LogP contribution in [0.25, 0.3) is 0 Å². The molecule has 21 heavy (non-hydrogen) atoms. The van der Waals surface area contributed by atoms with Crippen molar-refractivity contribution in [1.29, 1.82) is 0 Å². The zero-order chi connectivity index (χ0) is 14.6. The molecule has 2 aromatic carbocycles. The minimum Gasteiger partial charge on any atom is -0.267 e. The number of benzene rings is 2. The summed E-state index contributed by atoms with van der Waals surface area (Å²) in [5.74, 6) is -0.0107. The lowest BCUT2D eigenvalue weighted by molar-refractivity contribution is 0.0756. The van der Waals surface area contributed by atoms with Gasteiger partial charge in [0.25, 0.3) is 5.91 Å². The Bertz CT molecular complexity index is 783. The summed E-state index contributed by atoms with van der Waals surface area (Å²) in [7, 11) is 0. The van der Waals surface area contributed by atoms with Crippen molar-refractivity contribution in [3.63, 3.8) is 0 Å². The summed E-state index contributed by atoms with van der Waals surface area (Å²) >= 11 is 6.85. The van der Waals surface area contributed by atoms with Gasteiger partial charge in [0, 0.05) is 20.9 Å². The number of rotatable bonds is 1. The van der Waals surface area contributed by atoms with Crippen LogP contribution in [0.3, 0.4) is 0 Å². The molecule has 4 rings (SSSR count). The fraction of sp³-hybridized carbons (Fsp3) is 0.125. The maximum atomic E-state index is 12.5. The number of amides is 1. The van der Waals surface area contributed by atoms with Crippen molar-refractivity contribution in [2.75, 3.05) is 0 Å². The van der Waals surface area contributed by atoms with Crippen LogP contribution in [0.15, 0.2) is 56.5 Å². The van der Waals surface area contributed by atoms with E-state index in [4.69, 9.17) is 0 Å². The normalized spacial score (nSPS) is 19.5. The maximum absolute atomic E-state index is 12.5. The van der Waals surface area contributed by atoms with Gasteiger partial charge < -0.3 is 0 Å². The average molecular weight is 406 g/mol. The average Bonchev–Trinajstić information content (AvgIpc) is 3.00. The Kier molecular flexibility index (Phi) is 3.01. The van der Waals surface area contributed by atoms with Gasteiger partial charge in [-0.15, -0.1) is 0 Å². The lowest BCUT2D eigenvalue weighted by Gasteiger charge is -2.10. The molecule has 1 unspecified atom stereocenters. The molecule has 2 aliphatic rings. The second-order valence-electron chi connectivity index (χ2n) is 5.15. The summed E-state index contributed by atoms with van der Waals surface area (Å²) in [6.07, 6.45) is 0.766. The topological polar surface area (TPSA) is 32.7 Å². The number of hydrogen-bond acceptors (Lipinski definition) is 2. The van der Waals surface area contributed by atoms with E-state index in [1.165, 1.54) is 0 Å². The molecule has 0 aliphatic carbocycles. The maximum Gasteiger partial charge on any atom is 0.274 e. The lowest BCUT2D eigenvalue weighted by Crippen LogP contribution is -2.17. The monoisotopic (exact) mass is 404 g/mol. The molecule has 2 aliphatic heterocycles. The number of halogens is 2. The molecule has 0 saturated carbocycles. The van der Waals surface area contributed by atoms with Crippen LogP contribution in [-0.4, -0.2) is 16.6 Å². The van der Waals surface area contributed by atoms with Gasteiger partial charge in [0.2, 0.25) is 0 Å². The first-order valence-electron chi connectivity index (χ1n) is 6.60. The van der Waals surface area contributed by atoms with Crippen LogP contribution >= 0.6 is 31.9 Å². The second kappa shape index (κ2) is 4.78. The van der Waals surface area contributed by atoms with Gasteiger partial charge in [0.15, 0.2) is 0 Å². The highest BCUT2D eigenvalue weighted by atomic mass is 79.9. The van der Waals surface area contributed by atoms with Crippen molar-refractivity contribution in [3.05, 3.63) is 68.1 Å². The minimum atomic E-state index is -0.0107. The largest absolute Gasteiger partial charge is 0.274 e. The van der Waals surface area contributed by atoms with Gasteiger partial charge >= 0.3 is 0 Å². The van der Waals surface area contributed by atoms with Crippen molar-refractivity contribution in [1.82, 2.24) is 5.01 Å². The van der Waals surface area contributed by atoms with Crippen LogP contribution in [-0.2, 0) is 0 Å². The lowest BCUT2D eigenvalue weighted by atomic mass is 9.98. The molecule has 104 valence electrons. The Labute approximate surface area is 138 Å². The van der Waals surface area contributed by atoms with E-state index in [9.17, 15) is 4.79 Å². The van der Waals surface area contributed by atoms with Crippen LogP contribution in [0, 0.1) is 0 Å². The first-order valence-corrected chi connectivity index (χ1v) is 8.18. The summed E-state index contributed by atoms with van der Waals surface area (Å²) in [5.41, 5.74) is 3.86. The highest BCUT2D eigenvalue weighted by Gasteiger charge is 2.41. The van der Waals surface area contributed by atoms with Gasteiger partial charge in [-0.25, -0.2) is 5.01 Å². The van der Waals surface area contributed by atoms with E-state index in [2.05, 4.69) is 37.0 Å². The Balaban J connectivity index is 1.72. The molecule has 0 aromatic heterocycles. The molecule has 0 radical (unpaired) electrons. The first kappa shape index (κ1) is 13.2. The molecular weight excluding hydrogens is 396 g/mol. The SMILES string of the molecule is O=C1c2cc(Br)ccc2C2CC(c3ccc(Br)cc3)=NN12. The van der Waals surface area contributed by atoms with Crippen LogP contribution in [0.1, 0.15) is 33.9 Å². The van der Waals surface area contributed by atoms with Crippen LogP contribution in [0.2, 0.25) is 0 Å². The fourth-order valence-corrected chi connectivity index (χ4v) is 3.51. The number of carbonyl (C=O) groups is 1. The number of hydrogen-bond donors (Lipinski definition) is 0. The van der Waals surface area contributed by atoms with Gasteiger partial charge in [-0.3, -0.25) is 4.79 Å². The van der Waals surface area contributed by atoms with Crippen molar-refractivity contribution in [2.24, 2.45) is 5.10 Å². The number of nitrogens with zero attached hydrogens (tertiary/aromatic N) is 2. The summed E-state index contributed by atoms with van der Waals surface area (Å²) in [6.45, 7) is 0. The molecule has 0 saturated heterocycles. The molecule has 2 heterocycles. The molecular formula is C16H10Br2N2O. The van der Waals surface area contributed by atoms with E-state index >= 15 is 0 Å². The van der Waals surface area contributed by atoms with E-state index in [-0.39, 0.29) is 11.9 Å². The second-order valence-corrected chi connectivity index (χ2v) is 6.99. The zero-order valence-electron chi connectivity index (χ0n) is 10.9. The highest BCUT2D eigenvalue weighted by Crippen LogP contribution is 2.41. The Morgan fingerprint density at radius 1 is 1.05 bits per heavy atom. The van der Waals surface area contributed by atoms with Crippen molar-refractivity contribution < 1.29 is 4.79 Å². The molecule has 3 nitrogen and oxygen atoms in total. The first-order chi connectivity index (χ1) is 10.1. The van der Waals surface area contributed by atoms with Crippen molar-refractivity contribution >= 4 is 43.5 Å². The molecule has 1 atom stereocenters. The third-order valence-corrected chi connectivity index (χ3v) is 4.92. The summed E-state index contributed by atoms with van der Waals surface area (Å²) in [5, 5.41) is 6.16. The van der Waals surface area contributed by atoms with Gasteiger partial charge in [-0.1, -0.05) is 50.1 Å². The Morgan fingerprint density at radius 2 is 1.76 bits per heavy atom. The van der Waals surface area contributed by atoms with E-state index in [0.29, 0.717) is 0 Å². The predicted octanol–water partition coefficient (Wildman–Crippen LogP) is 4.52. The summed E-state index contributed by atoms with van der Waals surface area (Å²) < 4.78 is 1.96. The standard InChI is InChI=1S/C16H10Br2N2O/c17-10-3-1-9(2-4-10)14-8-15-12-6-5-11(18)7-13(12)16(21)20(15)19-14/h1-7,15H,8H2. The Hall–Kier alpha value is -1.46. The zero-order valence-corrected chi connectivity index (χ0v) is 14.1. The summed E-state index contributed by atoms with van der Waals surface area (Å²) in [6, 6.07) is 14.0. The highest BCUT2D eigenvalue weighted by molar-refractivity contribution is 9.10. The van der Waals surface area contributed by atoms with E-state index in [1.807, 2.05) is 42.5 Å². The fourth-order valence-electron chi connectivity index (χ4n) is 2.88. The third kappa shape index (κ3) is 2.07. The van der Waals surface area contributed by atoms with Crippen LogP contribution in [0.5, 0.6) is 0 Å². The molecule has 2 aromatic rings. The Morgan fingerprint density at radius 3 is 2.52 bits per heavy atom. The van der Waals surface area contributed by atoms with E-state index in [1.54, 1.807) is 5.01 Å². The third-order valence-electron chi connectivity index (χ3n) is 3.90. The molecule has 0 N–H and O–H groups in total.